The van der Waals surface area contributed by atoms with E-state index < -0.39 is 0 Å². The van der Waals surface area contributed by atoms with Gasteiger partial charge in [0.15, 0.2) is 0 Å². The summed E-state index contributed by atoms with van der Waals surface area (Å²) in [5.41, 5.74) is 21.6. The van der Waals surface area contributed by atoms with Crippen LogP contribution in [0.5, 0.6) is 0 Å². The van der Waals surface area contributed by atoms with Gasteiger partial charge in [-0.15, -0.1) is 0 Å². The van der Waals surface area contributed by atoms with Crippen molar-refractivity contribution >= 4 is 73.0 Å². The van der Waals surface area contributed by atoms with E-state index in [-0.39, 0.29) is 18.0 Å². The fourth-order valence-electron chi connectivity index (χ4n) is 10.6. The van der Waals surface area contributed by atoms with E-state index in [1.807, 2.05) is 0 Å². The Morgan fingerprint density at radius 3 is 1.80 bits per heavy atom. The van der Waals surface area contributed by atoms with Crippen LogP contribution in [0.1, 0.15) is 54.5 Å². The molecule has 0 unspecified atom stereocenters. The monoisotopic (exact) mass is 769 g/mol. The molecule has 3 nitrogen and oxygen atoms in total. The molecule has 0 spiro atoms. The van der Waals surface area contributed by atoms with E-state index in [0.717, 1.165) is 0 Å². The molecule has 0 N–H and O–H groups in total. The quantitative estimate of drug-likeness (QED) is 0.126. The standard InChI is InChI=1S/C56H44BN3/c1-36-32-49-52-50(33-36)60-53-44(55-54(60)43-26-14-15-29-47(43)59(55)41-23-12-7-13-24-41)27-17-28-46(53)57(52)45-31-30-39(51(37-18-8-5-9-19-37)38-20-10-6-11-21-38)34-48(45)58(49)42-25-16-22-40(35-42)56(2,3)4/h5-35,51H,1-4H3. The van der Waals surface area contributed by atoms with Gasteiger partial charge in [0.25, 0.3) is 6.71 Å². The van der Waals surface area contributed by atoms with Gasteiger partial charge in [0, 0.05) is 45.1 Å². The number of anilines is 3. The molecule has 12 rings (SSSR count). The zero-order valence-corrected chi connectivity index (χ0v) is 34.4. The first-order chi connectivity index (χ1) is 29.3. The number of aromatic nitrogens is 2. The van der Waals surface area contributed by atoms with Crippen LogP contribution in [0.3, 0.4) is 0 Å². The maximum Gasteiger partial charge on any atom is 0.252 e. The van der Waals surface area contributed by atoms with Gasteiger partial charge < -0.3 is 14.0 Å². The second-order valence-corrected chi connectivity index (χ2v) is 17.8. The Morgan fingerprint density at radius 1 is 0.450 bits per heavy atom. The number of benzene rings is 8. The molecule has 2 aliphatic heterocycles. The Bertz CT molecular complexity index is 3280. The van der Waals surface area contributed by atoms with Crippen molar-refractivity contribution in [2.45, 2.75) is 39.0 Å². The molecule has 0 radical (unpaired) electrons. The lowest BCUT2D eigenvalue weighted by Gasteiger charge is -2.41. The zero-order chi connectivity index (χ0) is 40.3. The molecule has 0 fully saturated rings. The van der Waals surface area contributed by atoms with Gasteiger partial charge in [-0.1, -0.05) is 160 Å². The van der Waals surface area contributed by atoms with Crippen molar-refractivity contribution in [1.29, 1.82) is 0 Å². The lowest BCUT2D eigenvalue weighted by atomic mass is 9.33. The number of hydrogen-bond donors (Lipinski definition) is 0. The first kappa shape index (κ1) is 35.0. The predicted octanol–water partition coefficient (Wildman–Crippen LogP) is 12.1. The highest BCUT2D eigenvalue weighted by atomic mass is 15.2. The maximum atomic E-state index is 2.62. The Kier molecular flexibility index (Phi) is 7.56. The molecular weight excluding hydrogens is 725 g/mol. The average molecular weight is 770 g/mol. The Balaban J connectivity index is 1.20. The summed E-state index contributed by atoms with van der Waals surface area (Å²) in [5, 5.41) is 2.54. The van der Waals surface area contributed by atoms with E-state index in [1.165, 1.54) is 105 Å². The molecule has 4 heterocycles. The second-order valence-electron chi connectivity index (χ2n) is 17.8. The fraction of sp³-hybridized carbons (Fsp3) is 0.107. The summed E-state index contributed by atoms with van der Waals surface area (Å²) in [4.78, 5) is 2.59. The summed E-state index contributed by atoms with van der Waals surface area (Å²) in [6, 6.07) is 70.4. The lowest BCUT2D eigenvalue weighted by molar-refractivity contribution is 0.590. The van der Waals surface area contributed by atoms with Gasteiger partial charge in [-0.3, -0.25) is 0 Å². The Morgan fingerprint density at radius 2 is 1.07 bits per heavy atom. The number of nitrogens with zero attached hydrogens (tertiary/aromatic N) is 3. The molecule has 0 atom stereocenters. The first-order valence-corrected chi connectivity index (χ1v) is 21.3. The van der Waals surface area contributed by atoms with Gasteiger partial charge in [-0.25, -0.2) is 0 Å². The smallest absolute Gasteiger partial charge is 0.252 e. The summed E-state index contributed by atoms with van der Waals surface area (Å²) in [5.74, 6) is 0.0777. The maximum absolute atomic E-state index is 2.62. The summed E-state index contributed by atoms with van der Waals surface area (Å²) < 4.78 is 5.11. The van der Waals surface area contributed by atoms with Crippen molar-refractivity contribution in [2.75, 3.05) is 4.90 Å². The molecule has 10 aromatic rings. The number of hydrogen-bond acceptors (Lipinski definition) is 1. The van der Waals surface area contributed by atoms with Crippen molar-refractivity contribution < 1.29 is 0 Å². The van der Waals surface area contributed by atoms with E-state index in [1.54, 1.807) is 0 Å². The van der Waals surface area contributed by atoms with Crippen molar-refractivity contribution in [3.8, 4) is 11.4 Å². The fourth-order valence-corrected chi connectivity index (χ4v) is 10.6. The Hall–Kier alpha value is -7.04. The molecule has 0 amide bonds. The average Bonchev–Trinajstić information content (AvgIpc) is 3.79. The number of aryl methyl sites for hydroxylation is 1. The minimum absolute atomic E-state index is 0.00891. The largest absolute Gasteiger partial charge is 0.311 e. The lowest BCUT2D eigenvalue weighted by Crippen LogP contribution is -2.60. The Labute approximate surface area is 351 Å². The van der Waals surface area contributed by atoms with Gasteiger partial charge in [0.05, 0.1) is 22.1 Å². The number of para-hydroxylation sites is 3. The number of rotatable bonds is 5. The van der Waals surface area contributed by atoms with Crippen LogP contribution in [0.2, 0.25) is 0 Å². The third kappa shape index (κ3) is 5.03. The number of fused-ring (bicyclic) bond motifs is 9. The predicted molar refractivity (Wildman–Crippen MR) is 254 cm³/mol. The van der Waals surface area contributed by atoms with E-state index in [4.69, 9.17) is 0 Å². The molecule has 2 aliphatic rings. The van der Waals surface area contributed by atoms with Crippen molar-refractivity contribution in [1.82, 2.24) is 9.13 Å². The van der Waals surface area contributed by atoms with Gasteiger partial charge in [0.1, 0.15) is 0 Å². The van der Waals surface area contributed by atoms with Gasteiger partial charge >= 0.3 is 0 Å². The molecule has 0 saturated heterocycles. The van der Waals surface area contributed by atoms with Crippen LogP contribution in [0, 0.1) is 6.92 Å². The van der Waals surface area contributed by atoms with Crippen LogP contribution >= 0.6 is 0 Å². The molecule has 8 aromatic carbocycles. The van der Waals surface area contributed by atoms with Crippen LogP contribution in [-0.2, 0) is 5.41 Å². The van der Waals surface area contributed by atoms with Crippen LogP contribution in [0.25, 0.3) is 44.2 Å². The van der Waals surface area contributed by atoms with Crippen molar-refractivity contribution in [2.24, 2.45) is 0 Å². The second kappa shape index (κ2) is 13.0. The van der Waals surface area contributed by atoms with Crippen LogP contribution in [0.15, 0.2) is 188 Å². The molecule has 0 saturated carbocycles. The molecule has 286 valence electrons. The van der Waals surface area contributed by atoms with Gasteiger partial charge in [0.2, 0.25) is 0 Å². The van der Waals surface area contributed by atoms with Crippen molar-refractivity contribution in [3.05, 3.63) is 216 Å². The van der Waals surface area contributed by atoms with E-state index in [2.05, 4.69) is 230 Å². The van der Waals surface area contributed by atoms with E-state index in [0.29, 0.717) is 0 Å². The molecule has 60 heavy (non-hydrogen) atoms. The minimum Gasteiger partial charge on any atom is -0.311 e. The zero-order valence-electron chi connectivity index (χ0n) is 34.4. The summed E-state index contributed by atoms with van der Waals surface area (Å²) in [6.45, 7) is 9.26. The summed E-state index contributed by atoms with van der Waals surface area (Å²) in [6.07, 6.45) is 0. The highest BCUT2D eigenvalue weighted by Gasteiger charge is 2.43. The molecule has 0 aliphatic carbocycles. The summed E-state index contributed by atoms with van der Waals surface area (Å²) in [7, 11) is 0. The third-order valence-electron chi connectivity index (χ3n) is 13.2. The molecular formula is C56H44BN3. The molecule has 4 heteroatoms. The van der Waals surface area contributed by atoms with E-state index >= 15 is 0 Å². The van der Waals surface area contributed by atoms with Gasteiger partial charge in [-0.05, 0) is 105 Å². The van der Waals surface area contributed by atoms with Crippen molar-refractivity contribution in [3.63, 3.8) is 0 Å². The summed E-state index contributed by atoms with van der Waals surface area (Å²) >= 11 is 0. The SMILES string of the molecule is Cc1cc2c3c(c1)-n1c4c(cccc4c4c1c1ccccc1n4-c1ccccc1)B3c1ccc(C(c3ccccc3)c3ccccc3)cc1N2c1cccc(C(C)(C)C)c1. The van der Waals surface area contributed by atoms with E-state index in [9.17, 15) is 0 Å². The van der Waals surface area contributed by atoms with Crippen LogP contribution < -0.4 is 21.3 Å². The highest BCUT2D eigenvalue weighted by Crippen LogP contribution is 2.46. The topological polar surface area (TPSA) is 13.1 Å². The minimum atomic E-state index is -0.00891. The highest BCUT2D eigenvalue weighted by molar-refractivity contribution is 7.00. The first-order valence-electron chi connectivity index (χ1n) is 21.3. The van der Waals surface area contributed by atoms with Crippen LogP contribution in [-0.4, -0.2) is 15.8 Å². The van der Waals surface area contributed by atoms with Gasteiger partial charge in [-0.2, -0.15) is 0 Å². The van der Waals surface area contributed by atoms with Crippen LogP contribution in [0.4, 0.5) is 17.1 Å². The molecule has 2 aromatic heterocycles. The third-order valence-corrected chi connectivity index (χ3v) is 13.2. The normalized spacial score (nSPS) is 13.1. The molecule has 0 bridgehead atoms.